The molecule has 21 heteroatoms. The summed E-state index contributed by atoms with van der Waals surface area (Å²) in [7, 11) is 0. The lowest BCUT2D eigenvalue weighted by Gasteiger charge is -2.31. The number of nitrogens with zero attached hydrogens (tertiary/aromatic N) is 1. The van der Waals surface area contributed by atoms with Gasteiger partial charge in [0.15, 0.2) is 5.96 Å². The van der Waals surface area contributed by atoms with E-state index in [1.807, 2.05) is 0 Å². The smallest absolute Gasteiger partial charge is 0.326 e. The van der Waals surface area contributed by atoms with Gasteiger partial charge in [0.05, 0.1) is 12.7 Å². The van der Waals surface area contributed by atoms with Crippen LogP contribution in [0.1, 0.15) is 71.4 Å². The Hall–Kier alpha value is -6.32. The van der Waals surface area contributed by atoms with Crippen molar-refractivity contribution in [1.82, 2.24) is 31.9 Å². The number of aromatic hydroxyl groups is 1. The predicted octanol–water partition coefficient (Wildman–Crippen LogP) is -1.98. The summed E-state index contributed by atoms with van der Waals surface area (Å²) in [5.74, 6) is -7.79. The lowest BCUT2D eigenvalue weighted by Crippen LogP contribution is -2.63. The highest BCUT2D eigenvalue weighted by Crippen LogP contribution is 2.16. The molecule has 6 amide bonds. The van der Waals surface area contributed by atoms with Crippen LogP contribution in [0.4, 0.5) is 0 Å². The Morgan fingerprint density at radius 2 is 1.08 bits per heavy atom. The summed E-state index contributed by atoms with van der Waals surface area (Å²) in [5.41, 5.74) is 17.7. The fraction of sp³-hybridized carbons (Fsp3) is 0.535. The Morgan fingerprint density at radius 1 is 0.625 bits per heavy atom. The van der Waals surface area contributed by atoms with Crippen LogP contribution in [-0.2, 0) is 46.4 Å². The number of carbonyl (C=O) groups is 7. The van der Waals surface area contributed by atoms with Crippen LogP contribution in [0.5, 0.6) is 5.75 Å². The molecule has 21 nitrogen and oxygen atoms in total. The normalized spacial score (nSPS) is 15.8. The second kappa shape index (κ2) is 27.0. The van der Waals surface area contributed by atoms with Gasteiger partial charge in [0.2, 0.25) is 35.4 Å². The van der Waals surface area contributed by atoms with E-state index in [9.17, 15) is 54.0 Å². The molecule has 0 aromatic heterocycles. The number of aliphatic imine (C=N–C) groups is 1. The zero-order valence-corrected chi connectivity index (χ0v) is 37.0. The van der Waals surface area contributed by atoms with Crippen LogP contribution in [0, 0.1) is 11.8 Å². The lowest BCUT2D eigenvalue weighted by atomic mass is 9.95. The molecule has 0 unspecified atom stereocenters. The summed E-state index contributed by atoms with van der Waals surface area (Å²) in [6.07, 6.45) is -0.928. The zero-order chi connectivity index (χ0) is 48.1. The number of aliphatic hydroxyl groups excluding tert-OH is 2. The van der Waals surface area contributed by atoms with Gasteiger partial charge in [-0.3, -0.25) is 33.8 Å². The molecule has 0 spiro atoms. The van der Waals surface area contributed by atoms with Crippen molar-refractivity contribution < 1.29 is 54.0 Å². The van der Waals surface area contributed by atoms with Gasteiger partial charge >= 0.3 is 5.97 Å². The highest BCUT2D eigenvalue weighted by molar-refractivity contribution is 5.97. The maximum atomic E-state index is 14.2. The zero-order valence-electron chi connectivity index (χ0n) is 37.0. The fourth-order valence-corrected chi connectivity index (χ4v) is 6.34. The molecule has 0 saturated carbocycles. The van der Waals surface area contributed by atoms with Gasteiger partial charge in [-0.15, -0.1) is 0 Å². The molecule has 2 aromatic rings. The van der Waals surface area contributed by atoms with Crippen LogP contribution >= 0.6 is 0 Å². The summed E-state index contributed by atoms with van der Waals surface area (Å²) in [6, 6.07) is 4.71. The second-order valence-corrected chi connectivity index (χ2v) is 15.8. The summed E-state index contributed by atoms with van der Waals surface area (Å²) < 4.78 is 0. The fourth-order valence-electron chi connectivity index (χ4n) is 6.34. The van der Waals surface area contributed by atoms with Gasteiger partial charge in [-0.1, -0.05) is 83.0 Å². The van der Waals surface area contributed by atoms with E-state index in [2.05, 4.69) is 36.9 Å². The summed E-state index contributed by atoms with van der Waals surface area (Å²) in [5, 5.41) is 55.3. The van der Waals surface area contributed by atoms with Crippen LogP contribution in [0.25, 0.3) is 0 Å². The maximum absolute atomic E-state index is 14.2. The highest BCUT2D eigenvalue weighted by Gasteiger charge is 2.37. The van der Waals surface area contributed by atoms with E-state index in [4.69, 9.17) is 17.2 Å². The minimum atomic E-state index is -1.69. The Bertz CT molecular complexity index is 1880. The van der Waals surface area contributed by atoms with Gasteiger partial charge in [0, 0.05) is 19.4 Å². The lowest BCUT2D eigenvalue weighted by molar-refractivity contribution is -0.142. The third-order valence-electron chi connectivity index (χ3n) is 10.7. The summed E-state index contributed by atoms with van der Waals surface area (Å²) in [4.78, 5) is 98.2. The molecule has 10 atom stereocenters. The summed E-state index contributed by atoms with van der Waals surface area (Å²) >= 11 is 0. The first kappa shape index (κ1) is 53.8. The number of carbonyl (C=O) groups excluding carboxylic acids is 6. The molecule has 0 fully saturated rings. The molecular formula is C43H66N10O11. The number of phenolic OH excluding ortho intramolecular Hbond substituents is 1. The number of carboxylic acids is 1. The van der Waals surface area contributed by atoms with Gasteiger partial charge in [-0.25, -0.2) is 4.79 Å². The average Bonchev–Trinajstić information content (AvgIpc) is 3.26. The second-order valence-electron chi connectivity index (χ2n) is 15.8. The van der Waals surface area contributed by atoms with Gasteiger partial charge < -0.3 is 69.5 Å². The molecular weight excluding hydrogens is 833 g/mol. The van der Waals surface area contributed by atoms with E-state index in [1.54, 1.807) is 58.0 Å². The first-order chi connectivity index (χ1) is 30.2. The largest absolute Gasteiger partial charge is 0.508 e. The number of amides is 6. The Balaban J connectivity index is 2.42. The first-order valence-electron chi connectivity index (χ1n) is 21.2. The SMILES string of the molecule is CC[C@H](C)[C@H](NC(=O)[C@H](Cc1ccc(O)cc1)NC(=O)[C@@H](NC(=O)[C@@H](N)CO)[C@@H](C)CC)C(=O)N[C@H](C(=O)N[C@@H](CCCN=C(N)N)C(=O)N[C@@H](Cc1ccccc1)C(=O)O)[C@@H](C)O. The van der Waals surface area contributed by atoms with Gasteiger partial charge in [0.1, 0.15) is 48.0 Å². The van der Waals surface area contributed by atoms with E-state index in [1.165, 1.54) is 31.2 Å². The Morgan fingerprint density at radius 3 is 1.59 bits per heavy atom. The van der Waals surface area contributed by atoms with Crippen molar-refractivity contribution in [2.45, 2.75) is 122 Å². The minimum Gasteiger partial charge on any atom is -0.508 e. The number of hydrogen-bond acceptors (Lipinski definition) is 12. The maximum Gasteiger partial charge on any atom is 0.326 e. The van der Waals surface area contributed by atoms with E-state index in [-0.39, 0.29) is 43.9 Å². The molecule has 2 aromatic carbocycles. The van der Waals surface area contributed by atoms with Crippen LogP contribution in [0.15, 0.2) is 59.6 Å². The number of rotatable bonds is 27. The highest BCUT2D eigenvalue weighted by atomic mass is 16.4. The number of aliphatic carboxylic acids is 1. The van der Waals surface area contributed by atoms with Crippen molar-refractivity contribution >= 4 is 47.4 Å². The van der Waals surface area contributed by atoms with Crippen LogP contribution in [-0.4, -0.2) is 129 Å². The van der Waals surface area contributed by atoms with Crippen molar-refractivity contribution in [3.8, 4) is 5.75 Å². The van der Waals surface area contributed by atoms with Crippen molar-refractivity contribution in [3.05, 3.63) is 65.7 Å². The number of carboxylic acid groups (broad SMARTS) is 1. The number of phenols is 1. The van der Waals surface area contributed by atoms with Crippen LogP contribution in [0.3, 0.4) is 0 Å². The predicted molar refractivity (Wildman–Crippen MR) is 237 cm³/mol. The molecule has 0 heterocycles. The van der Waals surface area contributed by atoms with Gasteiger partial charge in [-0.2, -0.15) is 0 Å². The van der Waals surface area contributed by atoms with Crippen molar-refractivity contribution in [2.75, 3.05) is 13.2 Å². The molecule has 354 valence electrons. The molecule has 0 saturated heterocycles. The molecule has 0 bridgehead atoms. The van der Waals surface area contributed by atoms with Crippen LogP contribution < -0.4 is 49.1 Å². The first-order valence-corrected chi connectivity index (χ1v) is 21.2. The molecule has 64 heavy (non-hydrogen) atoms. The van der Waals surface area contributed by atoms with E-state index in [0.717, 1.165) is 0 Å². The van der Waals surface area contributed by atoms with E-state index >= 15 is 0 Å². The van der Waals surface area contributed by atoms with E-state index < -0.39 is 108 Å². The molecule has 0 aliphatic heterocycles. The Kier molecular flexibility index (Phi) is 22.7. The third kappa shape index (κ3) is 17.8. The topological polar surface area (TPSA) is 363 Å². The number of nitrogens with two attached hydrogens (primary N) is 3. The Labute approximate surface area is 372 Å². The van der Waals surface area contributed by atoms with Crippen molar-refractivity contribution in [2.24, 2.45) is 34.0 Å². The number of guanidine groups is 1. The number of nitrogens with one attached hydrogen (secondary N) is 6. The number of aliphatic hydroxyl groups is 2. The third-order valence-corrected chi connectivity index (χ3v) is 10.7. The van der Waals surface area contributed by atoms with Crippen LogP contribution in [0.2, 0.25) is 0 Å². The molecule has 16 N–H and O–H groups in total. The van der Waals surface area contributed by atoms with Crippen molar-refractivity contribution in [3.63, 3.8) is 0 Å². The molecule has 2 rings (SSSR count). The summed E-state index contributed by atoms with van der Waals surface area (Å²) in [6.45, 7) is 7.48. The average molecular weight is 899 g/mol. The van der Waals surface area contributed by atoms with E-state index in [0.29, 0.717) is 24.0 Å². The van der Waals surface area contributed by atoms with Crippen molar-refractivity contribution in [1.29, 1.82) is 0 Å². The standard InChI is InChI=1S/C43H66N10O11/c1-6-23(3)33(51-36(57)29(44)22-54)39(60)49-31(20-27-15-17-28(56)18-16-27)38(59)52-34(24(4)7-2)40(61)53-35(25(5)55)41(62)48-30(14-11-19-47-43(45)46)37(58)50-32(42(63)64)21-26-12-9-8-10-13-26/h8-10,12-13,15-18,23-25,29-35,54-56H,6-7,11,14,19-22,44H2,1-5H3,(H,48,62)(H,49,60)(H,50,58)(H,51,57)(H,52,59)(H,53,61)(H,63,64)(H4,45,46,47)/t23-,24-,25+,29-,30-,31-,32-,33-,34-,35-/m0/s1. The molecule has 0 aliphatic carbocycles. The van der Waals surface area contributed by atoms with Gasteiger partial charge in [0.25, 0.3) is 0 Å². The number of benzene rings is 2. The number of hydrogen-bond donors (Lipinski definition) is 13. The monoisotopic (exact) mass is 898 g/mol. The quantitative estimate of drug-likeness (QED) is 0.0263. The van der Waals surface area contributed by atoms with Gasteiger partial charge in [-0.05, 0) is 54.9 Å². The minimum absolute atomic E-state index is 0.0517. The molecule has 0 radical (unpaired) electrons. The molecule has 0 aliphatic rings.